The smallest absolute Gasteiger partial charge is 0.407 e. The first-order valence-electron chi connectivity index (χ1n) is 11.3. The van der Waals surface area contributed by atoms with E-state index in [1.807, 2.05) is 38.1 Å². The first-order chi connectivity index (χ1) is 15.7. The lowest BCUT2D eigenvalue weighted by molar-refractivity contribution is -0.142. The lowest BCUT2D eigenvalue weighted by atomic mass is 9.98. The zero-order valence-electron chi connectivity index (χ0n) is 19.5. The van der Waals surface area contributed by atoms with Crippen LogP contribution in [0.3, 0.4) is 0 Å². The van der Waals surface area contributed by atoms with Crippen molar-refractivity contribution in [1.82, 2.24) is 10.6 Å². The third-order valence-electron chi connectivity index (χ3n) is 6.39. The van der Waals surface area contributed by atoms with Crippen molar-refractivity contribution in [3.8, 4) is 11.1 Å². The van der Waals surface area contributed by atoms with Crippen LogP contribution in [0.4, 0.5) is 4.79 Å². The van der Waals surface area contributed by atoms with Gasteiger partial charge in [-0.1, -0.05) is 62.4 Å². The molecule has 0 radical (unpaired) electrons. The number of aliphatic carboxylic acids is 1. The van der Waals surface area contributed by atoms with E-state index < -0.39 is 30.1 Å². The Hall–Kier alpha value is -3.35. The van der Waals surface area contributed by atoms with Crippen LogP contribution in [0.5, 0.6) is 0 Å². The summed E-state index contributed by atoms with van der Waals surface area (Å²) < 4.78 is 5.59. The minimum Gasteiger partial charge on any atom is -0.481 e. The molecule has 0 bridgehead atoms. The highest BCUT2D eigenvalue weighted by Crippen LogP contribution is 2.44. The molecule has 3 rings (SSSR count). The van der Waals surface area contributed by atoms with Gasteiger partial charge in [0.2, 0.25) is 5.91 Å². The van der Waals surface area contributed by atoms with Crippen molar-refractivity contribution in [2.24, 2.45) is 11.8 Å². The molecule has 2 aromatic carbocycles. The predicted octanol–water partition coefficient (Wildman–Crippen LogP) is 4.17. The van der Waals surface area contributed by atoms with E-state index in [4.69, 9.17) is 9.84 Å². The molecule has 7 heteroatoms. The van der Waals surface area contributed by atoms with Gasteiger partial charge in [-0.05, 0) is 42.0 Å². The Balaban J connectivity index is 1.59. The SMILES string of the molecule is CC(C)C(CC(=O)NC(C)C(C)C(=O)O)NC(=O)OCC1c2ccccc2-c2ccccc21. The topological polar surface area (TPSA) is 105 Å². The summed E-state index contributed by atoms with van der Waals surface area (Å²) in [5.41, 5.74) is 4.58. The van der Waals surface area contributed by atoms with Crippen molar-refractivity contribution in [3.63, 3.8) is 0 Å². The van der Waals surface area contributed by atoms with E-state index >= 15 is 0 Å². The average Bonchev–Trinajstić information content (AvgIpc) is 3.10. The van der Waals surface area contributed by atoms with Gasteiger partial charge in [-0.2, -0.15) is 0 Å². The fourth-order valence-electron chi connectivity index (χ4n) is 4.10. The number of amides is 2. The van der Waals surface area contributed by atoms with Gasteiger partial charge < -0.3 is 20.5 Å². The summed E-state index contributed by atoms with van der Waals surface area (Å²) in [4.78, 5) is 36.1. The Bertz CT molecular complexity index is 974. The summed E-state index contributed by atoms with van der Waals surface area (Å²) in [6, 6.07) is 15.3. The van der Waals surface area contributed by atoms with E-state index in [2.05, 4.69) is 34.9 Å². The molecule has 0 aromatic heterocycles. The molecule has 3 N–H and O–H groups in total. The van der Waals surface area contributed by atoms with E-state index in [0.717, 1.165) is 22.3 Å². The molecule has 0 saturated heterocycles. The van der Waals surface area contributed by atoms with Crippen LogP contribution in [-0.2, 0) is 14.3 Å². The van der Waals surface area contributed by atoms with Crippen LogP contribution in [0.25, 0.3) is 11.1 Å². The summed E-state index contributed by atoms with van der Waals surface area (Å²) in [7, 11) is 0. The quantitative estimate of drug-likeness (QED) is 0.530. The number of carbonyl (C=O) groups excluding carboxylic acids is 2. The Morgan fingerprint density at radius 2 is 1.45 bits per heavy atom. The number of nitrogens with one attached hydrogen (secondary N) is 2. The molecule has 0 heterocycles. The number of benzene rings is 2. The molecule has 33 heavy (non-hydrogen) atoms. The molecule has 7 nitrogen and oxygen atoms in total. The predicted molar refractivity (Wildman–Crippen MR) is 126 cm³/mol. The minimum absolute atomic E-state index is 0.0107. The second-order valence-corrected chi connectivity index (χ2v) is 9.01. The first kappa shape index (κ1) is 24.3. The highest BCUT2D eigenvalue weighted by Gasteiger charge is 2.30. The van der Waals surface area contributed by atoms with Gasteiger partial charge in [0.05, 0.1) is 5.92 Å². The third kappa shape index (κ3) is 5.72. The molecule has 2 amide bonds. The normalized spacial score (nSPS) is 15.2. The highest BCUT2D eigenvalue weighted by atomic mass is 16.5. The Kier molecular flexibility index (Phi) is 7.74. The average molecular weight is 453 g/mol. The Labute approximate surface area is 194 Å². The number of carboxylic acid groups (broad SMARTS) is 1. The van der Waals surface area contributed by atoms with Crippen molar-refractivity contribution in [3.05, 3.63) is 59.7 Å². The number of rotatable bonds is 9. The molecule has 3 unspecified atom stereocenters. The van der Waals surface area contributed by atoms with Gasteiger partial charge in [0.15, 0.2) is 0 Å². The molecule has 176 valence electrons. The van der Waals surface area contributed by atoms with Crippen molar-refractivity contribution in [1.29, 1.82) is 0 Å². The molecule has 0 saturated carbocycles. The molecule has 1 aliphatic rings. The molecular weight excluding hydrogens is 420 g/mol. The van der Waals surface area contributed by atoms with Crippen LogP contribution in [0.15, 0.2) is 48.5 Å². The zero-order chi connectivity index (χ0) is 24.1. The van der Waals surface area contributed by atoms with Crippen LogP contribution in [0.2, 0.25) is 0 Å². The van der Waals surface area contributed by atoms with Crippen LogP contribution in [0.1, 0.15) is 51.2 Å². The molecule has 1 aliphatic carbocycles. The number of hydrogen-bond acceptors (Lipinski definition) is 4. The van der Waals surface area contributed by atoms with E-state index in [1.54, 1.807) is 13.8 Å². The van der Waals surface area contributed by atoms with E-state index in [9.17, 15) is 14.4 Å². The summed E-state index contributed by atoms with van der Waals surface area (Å²) in [5.74, 6) is -2.04. The summed E-state index contributed by atoms with van der Waals surface area (Å²) in [6.07, 6.45) is -0.534. The zero-order valence-corrected chi connectivity index (χ0v) is 19.5. The standard InChI is InChI=1S/C26H32N2O5/c1-15(2)23(13-24(29)27-17(4)16(3)25(30)31)28-26(32)33-14-22-20-11-7-5-9-18(20)19-10-6-8-12-21(19)22/h5-12,15-17,22-23H,13-14H2,1-4H3,(H,27,29)(H,28,32)(H,30,31). The monoisotopic (exact) mass is 452 g/mol. The Morgan fingerprint density at radius 3 is 1.97 bits per heavy atom. The number of ether oxygens (including phenoxy) is 1. The van der Waals surface area contributed by atoms with Gasteiger partial charge >= 0.3 is 12.1 Å². The van der Waals surface area contributed by atoms with Crippen LogP contribution in [-0.4, -0.2) is 41.8 Å². The Morgan fingerprint density at radius 1 is 0.909 bits per heavy atom. The van der Waals surface area contributed by atoms with Gasteiger partial charge in [-0.3, -0.25) is 9.59 Å². The van der Waals surface area contributed by atoms with E-state index in [1.165, 1.54) is 0 Å². The molecular formula is C26H32N2O5. The second-order valence-electron chi connectivity index (χ2n) is 9.01. The van der Waals surface area contributed by atoms with Crippen molar-refractivity contribution >= 4 is 18.0 Å². The fourth-order valence-corrected chi connectivity index (χ4v) is 4.10. The first-order valence-corrected chi connectivity index (χ1v) is 11.3. The molecule has 2 aromatic rings. The maximum absolute atomic E-state index is 12.6. The third-order valence-corrected chi connectivity index (χ3v) is 6.39. The minimum atomic E-state index is -0.972. The second kappa shape index (κ2) is 10.5. The van der Waals surface area contributed by atoms with Gasteiger partial charge in [0.25, 0.3) is 0 Å². The van der Waals surface area contributed by atoms with E-state index in [-0.39, 0.29) is 30.8 Å². The van der Waals surface area contributed by atoms with Crippen molar-refractivity contribution in [2.45, 2.75) is 52.1 Å². The van der Waals surface area contributed by atoms with Gasteiger partial charge in [0, 0.05) is 24.4 Å². The maximum Gasteiger partial charge on any atom is 0.407 e. The molecule has 0 aliphatic heterocycles. The van der Waals surface area contributed by atoms with Crippen molar-refractivity contribution in [2.75, 3.05) is 6.61 Å². The largest absolute Gasteiger partial charge is 0.481 e. The summed E-state index contributed by atoms with van der Waals surface area (Å²) in [6.45, 7) is 7.21. The molecule has 3 atom stereocenters. The number of fused-ring (bicyclic) bond motifs is 3. The maximum atomic E-state index is 12.6. The van der Waals surface area contributed by atoms with Gasteiger partial charge in [-0.15, -0.1) is 0 Å². The lowest BCUT2D eigenvalue weighted by Crippen LogP contribution is -2.46. The molecule has 0 fully saturated rings. The van der Waals surface area contributed by atoms with Gasteiger partial charge in [0.1, 0.15) is 6.61 Å². The number of carbonyl (C=O) groups is 3. The summed E-state index contributed by atoms with van der Waals surface area (Å²) in [5, 5.41) is 14.6. The molecule has 0 spiro atoms. The van der Waals surface area contributed by atoms with Crippen LogP contribution < -0.4 is 10.6 Å². The van der Waals surface area contributed by atoms with E-state index in [0.29, 0.717) is 0 Å². The van der Waals surface area contributed by atoms with Crippen LogP contribution >= 0.6 is 0 Å². The number of hydrogen-bond donors (Lipinski definition) is 3. The number of alkyl carbamates (subject to hydrolysis) is 1. The fraction of sp³-hybridized carbons (Fsp3) is 0.423. The van der Waals surface area contributed by atoms with Crippen LogP contribution in [0, 0.1) is 11.8 Å². The number of carboxylic acids is 1. The summed E-state index contributed by atoms with van der Waals surface area (Å²) >= 11 is 0. The highest BCUT2D eigenvalue weighted by molar-refractivity contribution is 5.80. The van der Waals surface area contributed by atoms with Gasteiger partial charge in [-0.25, -0.2) is 4.79 Å². The lowest BCUT2D eigenvalue weighted by Gasteiger charge is -2.24. The van der Waals surface area contributed by atoms with Crippen molar-refractivity contribution < 1.29 is 24.2 Å².